The molecule has 27 heavy (non-hydrogen) atoms. The average molecular weight is 390 g/mol. The number of fused-ring (bicyclic) bond motifs is 1. The van der Waals surface area contributed by atoms with Crippen molar-refractivity contribution in [3.63, 3.8) is 0 Å². The van der Waals surface area contributed by atoms with E-state index in [0.29, 0.717) is 5.57 Å². The normalized spacial score (nSPS) is 44.1. The first kappa shape index (κ1) is 20.2. The summed E-state index contributed by atoms with van der Waals surface area (Å²) in [6, 6.07) is 0. The smallest absolute Gasteiger partial charge is 0.335 e. The molecule has 9 atom stereocenters. The summed E-state index contributed by atoms with van der Waals surface area (Å²) < 4.78 is 15.9. The number of carbonyl (C=O) groups is 1. The van der Waals surface area contributed by atoms with Gasteiger partial charge in [-0.15, -0.1) is 0 Å². The van der Waals surface area contributed by atoms with E-state index in [1.165, 1.54) is 6.08 Å². The van der Waals surface area contributed by atoms with Crippen molar-refractivity contribution in [1.82, 2.24) is 0 Å². The van der Waals surface area contributed by atoms with Crippen molar-refractivity contribution in [3.05, 3.63) is 23.5 Å². The van der Waals surface area contributed by atoms with Crippen LogP contribution in [0, 0.1) is 11.8 Å². The molecule has 9 unspecified atom stereocenters. The minimum absolute atomic E-state index is 0.171. The van der Waals surface area contributed by atoms with Gasteiger partial charge in [0.25, 0.3) is 0 Å². The molecule has 1 saturated heterocycles. The molecule has 11 heteroatoms. The first-order chi connectivity index (χ1) is 12.8. The van der Waals surface area contributed by atoms with Crippen LogP contribution in [0.5, 0.6) is 0 Å². The fourth-order valence-electron chi connectivity index (χ4n) is 3.65. The fraction of sp³-hybridized carbons (Fsp3) is 0.688. The molecule has 1 aliphatic carbocycles. The zero-order valence-electron chi connectivity index (χ0n) is 14.0. The quantitative estimate of drug-likeness (QED) is 0.233. The van der Waals surface area contributed by atoms with Crippen LogP contribution in [-0.4, -0.2) is 98.0 Å². The summed E-state index contributed by atoms with van der Waals surface area (Å²) >= 11 is 0. The van der Waals surface area contributed by atoms with Gasteiger partial charge in [-0.3, -0.25) is 0 Å². The summed E-state index contributed by atoms with van der Waals surface area (Å²) in [7, 11) is 0. The summed E-state index contributed by atoms with van der Waals surface area (Å²) in [5, 5.41) is 67.6. The van der Waals surface area contributed by atoms with Gasteiger partial charge in [-0.05, 0) is 5.57 Å². The van der Waals surface area contributed by atoms with Gasteiger partial charge in [-0.2, -0.15) is 0 Å². The van der Waals surface area contributed by atoms with E-state index in [-0.39, 0.29) is 12.2 Å². The van der Waals surface area contributed by atoms with Gasteiger partial charge in [0, 0.05) is 5.92 Å². The Morgan fingerprint density at radius 2 is 1.78 bits per heavy atom. The minimum atomic E-state index is -1.73. The van der Waals surface area contributed by atoms with E-state index in [1.54, 1.807) is 0 Å². The molecule has 2 heterocycles. The molecule has 0 spiro atoms. The van der Waals surface area contributed by atoms with Gasteiger partial charge >= 0.3 is 5.97 Å². The van der Waals surface area contributed by atoms with Gasteiger partial charge in [-0.1, -0.05) is 6.08 Å². The second-order valence-corrected chi connectivity index (χ2v) is 6.69. The highest BCUT2D eigenvalue weighted by atomic mass is 16.7. The molecule has 11 nitrogen and oxygen atoms in total. The largest absolute Gasteiger partial charge is 0.478 e. The van der Waals surface area contributed by atoms with Gasteiger partial charge in [-0.25, -0.2) is 4.79 Å². The number of ether oxygens (including phenoxy) is 3. The molecule has 1 fully saturated rings. The first-order valence-electron chi connectivity index (χ1n) is 8.34. The Bertz CT molecular complexity index is 632. The molecule has 3 aliphatic rings. The standard InChI is InChI=1S/C16H22O11/c17-2-5-1-7(18)10-6(14(22)23)3-25-16(9(5)10)26-4-8-11(19)12(20)13(21)15(24)27-8/h1,3,7-13,15-21,24H,2,4H2,(H,22,23). The van der Waals surface area contributed by atoms with Gasteiger partial charge < -0.3 is 50.0 Å². The zero-order chi connectivity index (χ0) is 19.9. The second-order valence-electron chi connectivity index (χ2n) is 6.69. The van der Waals surface area contributed by atoms with E-state index >= 15 is 0 Å². The Morgan fingerprint density at radius 3 is 2.41 bits per heavy atom. The van der Waals surface area contributed by atoms with Crippen LogP contribution in [0.2, 0.25) is 0 Å². The lowest BCUT2D eigenvalue weighted by Gasteiger charge is -2.40. The van der Waals surface area contributed by atoms with Crippen LogP contribution in [0.3, 0.4) is 0 Å². The van der Waals surface area contributed by atoms with Crippen molar-refractivity contribution < 1.29 is 54.8 Å². The maximum atomic E-state index is 11.4. The number of carboxylic acids is 1. The predicted octanol–water partition coefficient (Wildman–Crippen LogP) is -3.35. The predicted molar refractivity (Wildman–Crippen MR) is 83.6 cm³/mol. The third-order valence-electron chi connectivity index (χ3n) is 5.09. The molecule has 0 aromatic heterocycles. The molecule has 0 saturated carbocycles. The fourth-order valence-corrected chi connectivity index (χ4v) is 3.65. The molecule has 0 amide bonds. The van der Waals surface area contributed by atoms with E-state index in [4.69, 9.17) is 14.2 Å². The van der Waals surface area contributed by atoms with Crippen LogP contribution in [0.25, 0.3) is 0 Å². The lowest BCUT2D eigenvalue weighted by atomic mass is 9.82. The molecule has 2 aliphatic heterocycles. The molecule has 7 N–H and O–H groups in total. The highest BCUT2D eigenvalue weighted by Crippen LogP contribution is 2.43. The maximum Gasteiger partial charge on any atom is 0.335 e. The Hall–Kier alpha value is -1.57. The molecular weight excluding hydrogens is 368 g/mol. The molecule has 0 bridgehead atoms. The van der Waals surface area contributed by atoms with Crippen molar-refractivity contribution in [1.29, 1.82) is 0 Å². The molecular formula is C16H22O11. The Kier molecular flexibility index (Phi) is 5.84. The van der Waals surface area contributed by atoms with Gasteiger partial charge in [0.15, 0.2) is 6.29 Å². The van der Waals surface area contributed by atoms with Crippen LogP contribution in [0.15, 0.2) is 23.5 Å². The molecule has 0 radical (unpaired) electrons. The number of aliphatic hydroxyl groups excluding tert-OH is 6. The van der Waals surface area contributed by atoms with Crippen molar-refractivity contribution >= 4 is 5.97 Å². The summed E-state index contributed by atoms with van der Waals surface area (Å²) in [6.45, 7) is -0.818. The van der Waals surface area contributed by atoms with Gasteiger partial charge in [0.2, 0.25) is 6.29 Å². The highest BCUT2D eigenvalue weighted by molar-refractivity contribution is 5.87. The van der Waals surface area contributed by atoms with Crippen LogP contribution in [0.1, 0.15) is 0 Å². The molecule has 3 rings (SSSR count). The Labute approximate surface area is 153 Å². The van der Waals surface area contributed by atoms with Gasteiger partial charge in [0.1, 0.15) is 24.4 Å². The number of hydrogen-bond donors (Lipinski definition) is 7. The third-order valence-corrected chi connectivity index (χ3v) is 5.09. The van der Waals surface area contributed by atoms with E-state index < -0.39 is 67.5 Å². The highest BCUT2D eigenvalue weighted by Gasteiger charge is 2.49. The Balaban J connectivity index is 1.73. The lowest BCUT2D eigenvalue weighted by molar-refractivity contribution is -0.297. The monoisotopic (exact) mass is 390 g/mol. The van der Waals surface area contributed by atoms with Crippen molar-refractivity contribution in [2.45, 2.75) is 43.1 Å². The molecule has 0 aromatic carbocycles. The zero-order valence-corrected chi connectivity index (χ0v) is 14.0. The summed E-state index contributed by atoms with van der Waals surface area (Å²) in [5.41, 5.74) is 0.167. The number of hydrogen-bond acceptors (Lipinski definition) is 10. The minimum Gasteiger partial charge on any atom is -0.478 e. The van der Waals surface area contributed by atoms with E-state index in [2.05, 4.69) is 0 Å². The lowest BCUT2D eigenvalue weighted by Crippen LogP contribution is -2.59. The van der Waals surface area contributed by atoms with Crippen LogP contribution < -0.4 is 0 Å². The molecule has 152 valence electrons. The third kappa shape index (κ3) is 3.60. The molecule has 0 aromatic rings. The topological polar surface area (TPSA) is 186 Å². The van der Waals surface area contributed by atoms with Crippen LogP contribution in [0.4, 0.5) is 0 Å². The second kappa shape index (κ2) is 7.81. The van der Waals surface area contributed by atoms with Gasteiger partial charge in [0.05, 0.1) is 37.1 Å². The van der Waals surface area contributed by atoms with Crippen molar-refractivity contribution in [2.75, 3.05) is 13.2 Å². The number of aliphatic carboxylic acids is 1. The number of rotatable bonds is 5. The van der Waals surface area contributed by atoms with Crippen LogP contribution >= 0.6 is 0 Å². The first-order valence-corrected chi connectivity index (χ1v) is 8.34. The SMILES string of the molecule is O=C(O)C1=COC(OCC2OC(O)C(O)C(O)C2O)C2C(CO)=CC(O)C12. The number of aliphatic hydroxyl groups is 6. The van der Waals surface area contributed by atoms with Crippen molar-refractivity contribution in [3.8, 4) is 0 Å². The van der Waals surface area contributed by atoms with Crippen LogP contribution in [-0.2, 0) is 19.0 Å². The Morgan fingerprint density at radius 1 is 1.07 bits per heavy atom. The average Bonchev–Trinajstić information content (AvgIpc) is 2.98. The summed E-state index contributed by atoms with van der Waals surface area (Å²) in [6.07, 6.45) is -7.76. The van der Waals surface area contributed by atoms with E-state index in [1.807, 2.05) is 0 Å². The van der Waals surface area contributed by atoms with Crippen molar-refractivity contribution in [2.24, 2.45) is 11.8 Å². The maximum absolute atomic E-state index is 11.4. The number of carboxylic acid groups (broad SMARTS) is 1. The van der Waals surface area contributed by atoms with E-state index in [0.717, 1.165) is 6.26 Å². The summed E-state index contributed by atoms with van der Waals surface area (Å²) in [4.78, 5) is 11.4. The van der Waals surface area contributed by atoms with E-state index in [9.17, 15) is 40.5 Å². The summed E-state index contributed by atoms with van der Waals surface area (Å²) in [5.74, 6) is -2.96.